The minimum Gasteiger partial charge on any atom is -0.404 e. The number of alkyl halides is 3. The average molecular weight is 454 g/mol. The second-order valence-corrected chi connectivity index (χ2v) is 8.33. The van der Waals surface area contributed by atoms with Gasteiger partial charge < -0.3 is 10.5 Å². The Labute approximate surface area is 168 Å². The number of hydrogen-bond donors (Lipinski definition) is 1. The van der Waals surface area contributed by atoms with Crippen molar-refractivity contribution in [2.75, 3.05) is 13.6 Å². The molecular formula is C16H15ClF3N3O5S. The zero-order valence-corrected chi connectivity index (χ0v) is 16.3. The van der Waals surface area contributed by atoms with Crippen LogP contribution in [-0.2, 0) is 10.0 Å². The molecule has 0 bridgehead atoms. The van der Waals surface area contributed by atoms with E-state index in [4.69, 9.17) is 17.3 Å². The van der Waals surface area contributed by atoms with Gasteiger partial charge in [0.15, 0.2) is 0 Å². The fraction of sp³-hybridized carbons (Fsp3) is 0.250. The number of rotatable bonds is 7. The number of nitrogens with zero attached hydrogens (tertiary/aromatic N) is 2. The fourth-order valence-corrected chi connectivity index (χ4v) is 3.78. The summed E-state index contributed by atoms with van der Waals surface area (Å²) in [4.78, 5) is 9.84. The maximum atomic E-state index is 12.6. The predicted octanol–water partition coefficient (Wildman–Crippen LogP) is 3.47. The van der Waals surface area contributed by atoms with E-state index in [2.05, 4.69) is 4.74 Å². The Morgan fingerprint density at radius 2 is 1.83 bits per heavy atom. The number of sulfonamides is 1. The van der Waals surface area contributed by atoms with Crippen LogP contribution in [0.3, 0.4) is 0 Å². The maximum Gasteiger partial charge on any atom is 0.573 e. The first-order chi connectivity index (χ1) is 13.3. The number of non-ortho nitro benzene ring substituents is 1. The molecule has 0 spiro atoms. The van der Waals surface area contributed by atoms with Crippen molar-refractivity contribution in [3.8, 4) is 5.75 Å². The second kappa shape index (κ2) is 8.53. The number of benzene rings is 2. The average Bonchev–Trinajstić information content (AvgIpc) is 2.62. The van der Waals surface area contributed by atoms with Gasteiger partial charge in [-0.3, -0.25) is 10.1 Å². The summed E-state index contributed by atoms with van der Waals surface area (Å²) in [6.07, 6.45) is -4.91. The van der Waals surface area contributed by atoms with E-state index in [1.54, 1.807) is 0 Å². The third-order valence-corrected chi connectivity index (χ3v) is 5.95. The highest BCUT2D eigenvalue weighted by atomic mass is 35.5. The number of nitro benzene ring substituents is 1. The first kappa shape index (κ1) is 22.9. The van der Waals surface area contributed by atoms with Crippen LogP contribution in [0.15, 0.2) is 47.4 Å². The lowest BCUT2D eigenvalue weighted by molar-refractivity contribution is -0.384. The molecular weight excluding hydrogens is 439 g/mol. The summed E-state index contributed by atoms with van der Waals surface area (Å²) in [5.41, 5.74) is 5.99. The van der Waals surface area contributed by atoms with Crippen LogP contribution in [0.1, 0.15) is 11.6 Å². The van der Waals surface area contributed by atoms with Gasteiger partial charge in [0.05, 0.1) is 14.8 Å². The monoisotopic (exact) mass is 453 g/mol. The van der Waals surface area contributed by atoms with Gasteiger partial charge >= 0.3 is 6.36 Å². The maximum absolute atomic E-state index is 12.6. The molecule has 1 unspecified atom stereocenters. The highest BCUT2D eigenvalue weighted by Gasteiger charge is 2.32. The quantitative estimate of drug-likeness (QED) is 0.507. The lowest BCUT2D eigenvalue weighted by Crippen LogP contribution is -2.34. The van der Waals surface area contributed by atoms with E-state index in [1.807, 2.05) is 0 Å². The van der Waals surface area contributed by atoms with Crippen molar-refractivity contribution in [3.05, 3.63) is 63.2 Å². The van der Waals surface area contributed by atoms with E-state index in [-0.39, 0.29) is 27.7 Å². The third kappa shape index (κ3) is 5.79. The summed E-state index contributed by atoms with van der Waals surface area (Å²) in [5, 5.41) is 10.3. The molecule has 2 aromatic rings. The molecule has 2 aromatic carbocycles. The summed E-state index contributed by atoms with van der Waals surface area (Å²) in [5.74, 6) is -0.609. The van der Waals surface area contributed by atoms with Crippen LogP contribution >= 0.6 is 11.6 Å². The van der Waals surface area contributed by atoms with Crippen LogP contribution < -0.4 is 10.5 Å². The molecule has 0 amide bonds. The van der Waals surface area contributed by atoms with E-state index < -0.39 is 33.1 Å². The van der Waals surface area contributed by atoms with Crippen LogP contribution in [0.2, 0.25) is 5.02 Å². The van der Waals surface area contributed by atoms with Crippen molar-refractivity contribution in [2.24, 2.45) is 5.73 Å². The molecule has 0 aliphatic rings. The molecule has 0 fully saturated rings. The molecule has 0 aliphatic heterocycles. The first-order valence-corrected chi connectivity index (χ1v) is 9.64. The Morgan fingerprint density at radius 3 is 2.31 bits per heavy atom. The number of halogens is 4. The Balaban J connectivity index is 2.15. The van der Waals surface area contributed by atoms with Crippen molar-refractivity contribution in [2.45, 2.75) is 17.3 Å². The number of likely N-dealkylation sites (N-methyl/N-ethyl adjacent to an activating group) is 1. The summed E-state index contributed by atoms with van der Waals surface area (Å²) in [6, 6.07) is 6.76. The van der Waals surface area contributed by atoms with Gasteiger partial charge in [0.25, 0.3) is 5.69 Å². The number of nitrogens with two attached hydrogens (primary N) is 1. The molecule has 0 aliphatic carbocycles. The molecule has 29 heavy (non-hydrogen) atoms. The Hall–Kier alpha value is -2.41. The van der Waals surface area contributed by atoms with Gasteiger partial charge in [-0.1, -0.05) is 17.7 Å². The van der Waals surface area contributed by atoms with E-state index >= 15 is 0 Å². The van der Waals surface area contributed by atoms with Gasteiger partial charge in [0.1, 0.15) is 5.75 Å². The van der Waals surface area contributed by atoms with Crippen molar-refractivity contribution in [1.29, 1.82) is 0 Å². The zero-order valence-electron chi connectivity index (χ0n) is 14.8. The standard InChI is InChI=1S/C16H15ClF3N3O5S/c1-22(29(26,27)12-5-3-11(4-6-12)23(24)25)9-14(21)10-2-7-15(13(17)8-10)28-16(18,19)20/h2-8,14H,9,21H2,1H3. The van der Waals surface area contributed by atoms with E-state index in [1.165, 1.54) is 13.1 Å². The second-order valence-electron chi connectivity index (χ2n) is 5.88. The van der Waals surface area contributed by atoms with E-state index in [0.717, 1.165) is 40.7 Å². The molecule has 0 aromatic heterocycles. The lowest BCUT2D eigenvalue weighted by atomic mass is 10.1. The van der Waals surface area contributed by atoms with Gasteiger partial charge in [-0.25, -0.2) is 8.42 Å². The Kier molecular flexibility index (Phi) is 6.73. The number of hydrogen-bond acceptors (Lipinski definition) is 6. The molecule has 158 valence electrons. The molecule has 0 radical (unpaired) electrons. The summed E-state index contributed by atoms with van der Waals surface area (Å²) >= 11 is 5.77. The topological polar surface area (TPSA) is 116 Å². The minimum atomic E-state index is -4.91. The Bertz CT molecular complexity index is 1000. The van der Waals surface area contributed by atoms with E-state index in [9.17, 15) is 31.7 Å². The molecule has 0 saturated carbocycles. The zero-order chi connectivity index (χ0) is 22.0. The van der Waals surface area contributed by atoms with Crippen LogP contribution in [-0.4, -0.2) is 37.6 Å². The Morgan fingerprint density at radius 1 is 1.24 bits per heavy atom. The van der Waals surface area contributed by atoms with Gasteiger partial charge in [-0.2, -0.15) is 4.31 Å². The predicted molar refractivity (Wildman–Crippen MR) is 98.0 cm³/mol. The largest absolute Gasteiger partial charge is 0.573 e. The van der Waals surface area contributed by atoms with Gasteiger partial charge in [-0.05, 0) is 29.8 Å². The van der Waals surface area contributed by atoms with Crippen molar-refractivity contribution in [1.82, 2.24) is 4.31 Å². The molecule has 8 nitrogen and oxygen atoms in total. The van der Waals surface area contributed by atoms with Crippen molar-refractivity contribution < 1.29 is 31.2 Å². The summed E-state index contributed by atoms with van der Waals surface area (Å²) in [6.45, 7) is -0.227. The van der Waals surface area contributed by atoms with Crippen LogP contribution in [0.25, 0.3) is 0 Å². The van der Waals surface area contributed by atoms with E-state index in [0.29, 0.717) is 0 Å². The highest BCUT2D eigenvalue weighted by molar-refractivity contribution is 7.89. The van der Waals surface area contributed by atoms with Crippen LogP contribution in [0.4, 0.5) is 18.9 Å². The molecule has 2 rings (SSSR count). The molecule has 1 atom stereocenters. The SMILES string of the molecule is CN(CC(N)c1ccc(OC(F)(F)F)c(Cl)c1)S(=O)(=O)c1ccc([N+](=O)[O-])cc1. The molecule has 13 heteroatoms. The van der Waals surface area contributed by atoms with Gasteiger partial charge in [0.2, 0.25) is 10.0 Å². The third-order valence-electron chi connectivity index (χ3n) is 3.82. The van der Waals surface area contributed by atoms with Gasteiger partial charge in [-0.15, -0.1) is 13.2 Å². The minimum absolute atomic E-state index is 0.176. The van der Waals surface area contributed by atoms with Gasteiger partial charge in [0, 0.05) is 31.8 Å². The summed E-state index contributed by atoms with van der Waals surface area (Å²) in [7, 11) is -2.75. The summed E-state index contributed by atoms with van der Waals surface area (Å²) < 4.78 is 66.8. The first-order valence-electron chi connectivity index (χ1n) is 7.83. The van der Waals surface area contributed by atoms with Crippen LogP contribution in [0.5, 0.6) is 5.75 Å². The normalized spacial score (nSPS) is 13.3. The number of ether oxygens (including phenoxy) is 1. The van der Waals surface area contributed by atoms with Crippen molar-refractivity contribution >= 4 is 27.3 Å². The fourth-order valence-electron chi connectivity index (χ4n) is 2.36. The smallest absolute Gasteiger partial charge is 0.404 e. The number of nitro groups is 1. The lowest BCUT2D eigenvalue weighted by Gasteiger charge is -2.22. The van der Waals surface area contributed by atoms with Crippen LogP contribution in [0, 0.1) is 10.1 Å². The molecule has 2 N–H and O–H groups in total. The highest BCUT2D eigenvalue weighted by Crippen LogP contribution is 2.32. The molecule has 0 saturated heterocycles. The van der Waals surface area contributed by atoms with Crippen molar-refractivity contribution in [3.63, 3.8) is 0 Å². The molecule has 0 heterocycles.